The van der Waals surface area contributed by atoms with Gasteiger partial charge in [-0.15, -0.1) is 0 Å². The highest BCUT2D eigenvalue weighted by Crippen LogP contribution is 2.23. The number of rotatable bonds is 2. The Labute approximate surface area is 142 Å². The largest absolute Gasteiger partial charge is 0.322 e. The first kappa shape index (κ1) is 16.0. The van der Waals surface area contributed by atoms with Crippen molar-refractivity contribution in [1.29, 1.82) is 0 Å². The molecular formula is C17H17ClN2O2S. The highest BCUT2D eigenvalue weighted by Gasteiger charge is 2.20. The van der Waals surface area contributed by atoms with Crippen LogP contribution in [0.5, 0.6) is 0 Å². The van der Waals surface area contributed by atoms with E-state index in [4.69, 9.17) is 11.6 Å². The highest BCUT2D eigenvalue weighted by atomic mass is 35.5. The quantitative estimate of drug-likeness (QED) is 0.900. The summed E-state index contributed by atoms with van der Waals surface area (Å²) in [5.74, 6) is 0. The molecule has 6 heteroatoms. The Morgan fingerprint density at radius 1 is 1.17 bits per heavy atom. The van der Waals surface area contributed by atoms with Gasteiger partial charge in [-0.2, -0.15) is 0 Å². The molecule has 0 radical (unpaired) electrons. The van der Waals surface area contributed by atoms with Crippen LogP contribution in [0.25, 0.3) is 0 Å². The summed E-state index contributed by atoms with van der Waals surface area (Å²) in [4.78, 5) is 14.9. The summed E-state index contributed by atoms with van der Waals surface area (Å²) in [6, 6.07) is 12.7. The molecule has 0 aliphatic carbocycles. The number of hydrogen-bond donors (Lipinski definition) is 1. The van der Waals surface area contributed by atoms with Crippen LogP contribution in [0, 0.1) is 0 Å². The van der Waals surface area contributed by atoms with E-state index in [1.54, 1.807) is 35.4 Å². The van der Waals surface area contributed by atoms with E-state index in [0.717, 1.165) is 21.9 Å². The second kappa shape index (κ2) is 6.72. The normalized spacial score (nSPS) is 15.0. The lowest BCUT2D eigenvalue weighted by Gasteiger charge is -2.29. The number of carbonyl (C=O) groups is 1. The maximum atomic E-state index is 12.4. The lowest BCUT2D eigenvalue weighted by molar-refractivity contribution is 0.206. The molecule has 1 N–H and O–H groups in total. The van der Waals surface area contributed by atoms with E-state index in [0.29, 0.717) is 18.8 Å². The van der Waals surface area contributed by atoms with Crippen LogP contribution in [-0.2, 0) is 23.8 Å². The Morgan fingerprint density at radius 3 is 2.61 bits per heavy atom. The van der Waals surface area contributed by atoms with Gasteiger partial charge in [0, 0.05) is 45.8 Å². The maximum Gasteiger partial charge on any atom is 0.322 e. The van der Waals surface area contributed by atoms with Crippen molar-refractivity contribution in [3.63, 3.8) is 0 Å². The smallest absolute Gasteiger partial charge is 0.320 e. The number of carbonyl (C=O) groups excluding carboxylic acids is 1. The Morgan fingerprint density at radius 2 is 1.91 bits per heavy atom. The van der Waals surface area contributed by atoms with Crippen molar-refractivity contribution in [3.8, 4) is 0 Å². The number of urea groups is 1. The number of halogens is 1. The molecular weight excluding hydrogens is 332 g/mol. The van der Waals surface area contributed by atoms with Gasteiger partial charge in [0.05, 0.1) is 0 Å². The molecule has 0 spiro atoms. The van der Waals surface area contributed by atoms with Crippen molar-refractivity contribution in [2.45, 2.75) is 17.9 Å². The van der Waals surface area contributed by atoms with E-state index in [2.05, 4.69) is 5.32 Å². The predicted molar refractivity (Wildman–Crippen MR) is 93.4 cm³/mol. The molecule has 120 valence electrons. The van der Waals surface area contributed by atoms with Crippen LogP contribution in [0.15, 0.2) is 47.4 Å². The van der Waals surface area contributed by atoms with Crippen LogP contribution >= 0.6 is 11.6 Å². The van der Waals surface area contributed by atoms with Crippen molar-refractivity contribution < 1.29 is 9.00 Å². The molecule has 0 aromatic heterocycles. The maximum absolute atomic E-state index is 12.4. The first-order chi connectivity index (χ1) is 11.0. The molecule has 1 aliphatic rings. The lowest BCUT2D eigenvalue weighted by Crippen LogP contribution is -2.38. The highest BCUT2D eigenvalue weighted by molar-refractivity contribution is 7.84. The van der Waals surface area contributed by atoms with Gasteiger partial charge in [-0.1, -0.05) is 17.7 Å². The zero-order valence-electron chi connectivity index (χ0n) is 12.7. The molecule has 0 bridgehead atoms. The number of nitrogens with one attached hydrogen (secondary N) is 1. The first-order valence-corrected chi connectivity index (χ1v) is 9.23. The Kier molecular flexibility index (Phi) is 4.68. The average molecular weight is 349 g/mol. The van der Waals surface area contributed by atoms with Crippen LogP contribution < -0.4 is 5.32 Å². The zero-order valence-corrected chi connectivity index (χ0v) is 14.3. The van der Waals surface area contributed by atoms with Gasteiger partial charge in [-0.25, -0.2) is 4.79 Å². The van der Waals surface area contributed by atoms with Crippen LogP contribution in [-0.4, -0.2) is 27.9 Å². The molecule has 2 aromatic carbocycles. The lowest BCUT2D eigenvalue weighted by atomic mass is 10.0. The fourth-order valence-corrected chi connectivity index (χ4v) is 3.34. The van der Waals surface area contributed by atoms with E-state index in [9.17, 15) is 9.00 Å². The van der Waals surface area contributed by atoms with Gasteiger partial charge in [0.25, 0.3) is 0 Å². The number of fused-ring (bicyclic) bond motifs is 1. The number of anilines is 1. The van der Waals surface area contributed by atoms with Crippen LogP contribution in [0.3, 0.4) is 0 Å². The van der Waals surface area contributed by atoms with Gasteiger partial charge in [-0.3, -0.25) is 4.21 Å². The Bertz CT molecular complexity index is 762. The van der Waals surface area contributed by atoms with Crippen LogP contribution in [0.2, 0.25) is 5.02 Å². The molecule has 0 saturated heterocycles. The molecule has 2 aromatic rings. The number of nitrogens with zero attached hydrogens (tertiary/aromatic N) is 1. The van der Waals surface area contributed by atoms with Gasteiger partial charge in [0.1, 0.15) is 0 Å². The summed E-state index contributed by atoms with van der Waals surface area (Å²) < 4.78 is 11.4. The van der Waals surface area contributed by atoms with Gasteiger partial charge in [-0.05, 0) is 53.9 Å². The van der Waals surface area contributed by atoms with E-state index in [1.165, 1.54) is 5.56 Å². The summed E-state index contributed by atoms with van der Waals surface area (Å²) >= 11 is 6.00. The number of benzene rings is 2. The summed E-state index contributed by atoms with van der Waals surface area (Å²) in [5, 5.41) is 3.61. The second-order valence-corrected chi connectivity index (χ2v) is 7.31. The fourth-order valence-electron chi connectivity index (χ4n) is 2.63. The van der Waals surface area contributed by atoms with Crippen molar-refractivity contribution in [2.24, 2.45) is 0 Å². The third kappa shape index (κ3) is 3.74. The summed E-state index contributed by atoms with van der Waals surface area (Å²) in [7, 11) is -1.01. The third-order valence-corrected chi connectivity index (χ3v) is 5.08. The third-order valence-electron chi connectivity index (χ3n) is 3.91. The van der Waals surface area contributed by atoms with E-state index < -0.39 is 10.8 Å². The standard InChI is InChI=1S/C17H17ClN2O2S/c1-23(22)16-6-4-15(5-7-16)19-17(21)20-9-8-12-10-14(18)3-2-13(12)11-20/h2-7,10H,8-9,11H2,1H3,(H,19,21)/t23-/m1/s1. The Balaban J connectivity index is 1.67. The van der Waals surface area contributed by atoms with E-state index in [-0.39, 0.29) is 6.03 Å². The average Bonchev–Trinajstić information content (AvgIpc) is 2.54. The topological polar surface area (TPSA) is 49.4 Å². The summed E-state index contributed by atoms with van der Waals surface area (Å²) in [6.07, 6.45) is 2.43. The number of amides is 2. The minimum Gasteiger partial charge on any atom is -0.320 e. The molecule has 1 heterocycles. The summed E-state index contributed by atoms with van der Waals surface area (Å²) in [5.41, 5.74) is 3.04. The van der Waals surface area contributed by atoms with Gasteiger partial charge in [0.2, 0.25) is 0 Å². The minimum atomic E-state index is -1.01. The molecule has 4 nitrogen and oxygen atoms in total. The molecule has 1 atom stereocenters. The van der Waals surface area contributed by atoms with E-state index in [1.807, 2.05) is 18.2 Å². The van der Waals surface area contributed by atoms with Crippen molar-refractivity contribution in [2.75, 3.05) is 18.1 Å². The molecule has 3 rings (SSSR count). The molecule has 1 aliphatic heterocycles. The monoisotopic (exact) mass is 348 g/mol. The second-order valence-electron chi connectivity index (χ2n) is 5.49. The first-order valence-electron chi connectivity index (χ1n) is 7.29. The molecule has 0 fully saturated rings. The van der Waals surface area contributed by atoms with Crippen LogP contribution in [0.1, 0.15) is 11.1 Å². The zero-order chi connectivity index (χ0) is 16.4. The fraction of sp³-hybridized carbons (Fsp3) is 0.235. The van der Waals surface area contributed by atoms with Gasteiger partial charge >= 0.3 is 6.03 Å². The van der Waals surface area contributed by atoms with E-state index >= 15 is 0 Å². The Hall–Kier alpha value is -1.85. The molecule has 0 saturated carbocycles. The van der Waals surface area contributed by atoms with Gasteiger partial charge in [0.15, 0.2) is 0 Å². The van der Waals surface area contributed by atoms with Crippen molar-refractivity contribution in [3.05, 3.63) is 58.6 Å². The van der Waals surface area contributed by atoms with Gasteiger partial charge < -0.3 is 10.2 Å². The van der Waals surface area contributed by atoms with Crippen LogP contribution in [0.4, 0.5) is 10.5 Å². The SMILES string of the molecule is C[S@@](=O)c1ccc(NC(=O)N2CCc3cc(Cl)ccc3C2)cc1. The molecule has 2 amide bonds. The summed E-state index contributed by atoms with van der Waals surface area (Å²) in [6.45, 7) is 1.24. The predicted octanol–water partition coefficient (Wildman–Crippen LogP) is 3.67. The molecule has 23 heavy (non-hydrogen) atoms. The van der Waals surface area contributed by atoms with Crippen molar-refractivity contribution in [1.82, 2.24) is 4.90 Å². The molecule has 0 unspecified atom stereocenters. The minimum absolute atomic E-state index is 0.129. The van der Waals surface area contributed by atoms with Crippen molar-refractivity contribution >= 4 is 34.1 Å². The number of hydrogen-bond acceptors (Lipinski definition) is 2.